The normalized spacial score (nSPS) is 20.5. The van der Waals surface area contributed by atoms with E-state index in [2.05, 4.69) is 4.99 Å². The fraction of sp³-hybridized carbons (Fsp3) is 0.222. The third-order valence-corrected chi connectivity index (χ3v) is 5.13. The minimum Gasteiger partial charge on any atom is -0.468 e. The van der Waals surface area contributed by atoms with Crippen molar-refractivity contribution >= 4 is 22.8 Å². The van der Waals surface area contributed by atoms with Crippen LogP contribution in [0.4, 0.5) is 4.39 Å². The van der Waals surface area contributed by atoms with Gasteiger partial charge in [0.1, 0.15) is 17.6 Å². The van der Waals surface area contributed by atoms with Crippen LogP contribution in [0.2, 0.25) is 0 Å². The molecule has 0 aliphatic carbocycles. The van der Waals surface area contributed by atoms with Crippen LogP contribution in [0.1, 0.15) is 18.2 Å². The molecule has 4 rings (SSSR count). The monoisotopic (exact) mass is 357 g/mol. The molecule has 1 unspecified atom stereocenters. The second-order valence-electron chi connectivity index (χ2n) is 5.94. The van der Waals surface area contributed by atoms with Gasteiger partial charge in [-0.25, -0.2) is 4.39 Å². The summed E-state index contributed by atoms with van der Waals surface area (Å²) in [5, 5.41) is 6.56. The number of carbonyl (C=O) groups is 1. The van der Waals surface area contributed by atoms with Gasteiger partial charge in [0.05, 0.1) is 12.8 Å². The summed E-state index contributed by atoms with van der Waals surface area (Å²) in [7, 11) is 0. The summed E-state index contributed by atoms with van der Waals surface area (Å²) in [6.07, 6.45) is 2.07. The van der Waals surface area contributed by atoms with Gasteiger partial charge in [-0.1, -0.05) is 23.9 Å². The zero-order chi connectivity index (χ0) is 17.4. The number of furan rings is 1. The highest BCUT2D eigenvalue weighted by atomic mass is 32.2. The number of allylic oxidation sites excluding steroid dienone is 1. The van der Waals surface area contributed by atoms with E-state index in [9.17, 15) is 9.18 Å². The minimum absolute atomic E-state index is 0.197. The number of amides is 1. The molecule has 1 atom stereocenters. The van der Waals surface area contributed by atoms with Crippen LogP contribution in [0, 0.1) is 5.82 Å². The first-order chi connectivity index (χ1) is 12.1. The SMILES string of the molecule is CC1=CSC2=NC(=O)C(Cc3ccc(F)cc3)N(Cc3ccco3)N12. The molecule has 2 aliphatic heterocycles. The summed E-state index contributed by atoms with van der Waals surface area (Å²) in [5.74, 6) is 0.279. The smallest absolute Gasteiger partial charge is 0.267 e. The lowest BCUT2D eigenvalue weighted by molar-refractivity contribution is -0.130. The van der Waals surface area contributed by atoms with Crippen molar-refractivity contribution in [2.75, 3.05) is 0 Å². The maximum absolute atomic E-state index is 13.2. The Bertz CT molecular complexity index is 846. The van der Waals surface area contributed by atoms with Gasteiger partial charge in [-0.2, -0.15) is 10.0 Å². The standard InChI is InChI=1S/C18H16FN3O2S/c1-12-11-25-18-20-17(23)16(9-13-4-6-14(19)7-5-13)21(22(12)18)10-15-3-2-8-24-15/h2-8,11,16H,9-10H2,1H3. The van der Waals surface area contributed by atoms with E-state index in [1.54, 1.807) is 18.4 Å². The molecular weight excluding hydrogens is 341 g/mol. The molecule has 3 heterocycles. The van der Waals surface area contributed by atoms with Crippen LogP contribution in [0.5, 0.6) is 0 Å². The van der Waals surface area contributed by atoms with Crippen molar-refractivity contribution < 1.29 is 13.6 Å². The molecule has 0 radical (unpaired) electrons. The molecule has 1 aromatic heterocycles. The second-order valence-corrected chi connectivity index (χ2v) is 6.78. The quantitative estimate of drug-likeness (QED) is 0.837. The van der Waals surface area contributed by atoms with Crippen molar-refractivity contribution in [2.45, 2.75) is 25.9 Å². The number of benzene rings is 1. The number of amidine groups is 1. The summed E-state index contributed by atoms with van der Waals surface area (Å²) in [6, 6.07) is 9.46. The number of thioether (sulfide) groups is 1. The van der Waals surface area contributed by atoms with Gasteiger partial charge >= 0.3 is 0 Å². The van der Waals surface area contributed by atoms with E-state index in [0.29, 0.717) is 18.1 Å². The molecule has 0 fully saturated rings. The molecule has 0 bridgehead atoms. The third-order valence-electron chi connectivity index (χ3n) is 4.20. The Morgan fingerprint density at radius 1 is 1.28 bits per heavy atom. The number of rotatable bonds is 4. The van der Waals surface area contributed by atoms with Crippen molar-refractivity contribution in [3.63, 3.8) is 0 Å². The van der Waals surface area contributed by atoms with E-state index in [1.807, 2.05) is 34.5 Å². The van der Waals surface area contributed by atoms with Crippen LogP contribution in [-0.2, 0) is 17.8 Å². The summed E-state index contributed by atoms with van der Waals surface area (Å²) < 4.78 is 18.6. The Morgan fingerprint density at radius 3 is 2.80 bits per heavy atom. The molecule has 0 saturated carbocycles. The fourth-order valence-electron chi connectivity index (χ4n) is 2.99. The van der Waals surface area contributed by atoms with E-state index in [-0.39, 0.29) is 11.7 Å². The largest absolute Gasteiger partial charge is 0.468 e. The van der Waals surface area contributed by atoms with E-state index in [1.165, 1.54) is 23.9 Å². The molecule has 0 spiro atoms. The van der Waals surface area contributed by atoms with Crippen LogP contribution in [-0.4, -0.2) is 27.1 Å². The van der Waals surface area contributed by atoms with Gasteiger partial charge < -0.3 is 4.42 Å². The van der Waals surface area contributed by atoms with Crippen LogP contribution >= 0.6 is 11.8 Å². The first-order valence-electron chi connectivity index (χ1n) is 7.91. The highest BCUT2D eigenvalue weighted by Crippen LogP contribution is 2.34. The molecular formula is C18H16FN3O2S. The zero-order valence-electron chi connectivity index (χ0n) is 13.6. The number of halogens is 1. The zero-order valence-corrected chi connectivity index (χ0v) is 14.4. The van der Waals surface area contributed by atoms with Crippen molar-refractivity contribution in [3.05, 3.63) is 70.9 Å². The number of fused-ring (bicyclic) bond motifs is 1. The van der Waals surface area contributed by atoms with Crippen molar-refractivity contribution in [1.82, 2.24) is 10.0 Å². The van der Waals surface area contributed by atoms with Gasteiger partial charge in [-0.05, 0) is 48.6 Å². The van der Waals surface area contributed by atoms with E-state index < -0.39 is 6.04 Å². The number of hydrazine groups is 1. The number of aliphatic imine (C=N–C) groups is 1. The van der Waals surface area contributed by atoms with E-state index >= 15 is 0 Å². The predicted octanol–water partition coefficient (Wildman–Crippen LogP) is 3.55. The van der Waals surface area contributed by atoms with Crippen LogP contribution in [0.3, 0.4) is 0 Å². The van der Waals surface area contributed by atoms with Crippen molar-refractivity contribution in [2.24, 2.45) is 4.99 Å². The van der Waals surface area contributed by atoms with Gasteiger partial charge in [0.2, 0.25) is 0 Å². The lowest BCUT2D eigenvalue weighted by Crippen LogP contribution is -2.55. The van der Waals surface area contributed by atoms with Crippen molar-refractivity contribution in [1.29, 1.82) is 0 Å². The Kier molecular flexibility index (Phi) is 4.19. The summed E-state index contributed by atoms with van der Waals surface area (Å²) in [5.41, 5.74) is 1.89. The highest BCUT2D eigenvalue weighted by molar-refractivity contribution is 8.16. The first kappa shape index (κ1) is 16.1. The number of hydrogen-bond donors (Lipinski definition) is 0. The topological polar surface area (TPSA) is 49.1 Å². The molecule has 0 saturated heterocycles. The Labute approximate surface area is 148 Å². The highest BCUT2D eigenvalue weighted by Gasteiger charge is 2.40. The number of nitrogens with zero attached hydrogens (tertiary/aromatic N) is 3. The Morgan fingerprint density at radius 2 is 2.08 bits per heavy atom. The van der Waals surface area contributed by atoms with Gasteiger partial charge in [-0.3, -0.25) is 9.80 Å². The second kappa shape index (κ2) is 6.50. The van der Waals surface area contributed by atoms with Crippen LogP contribution < -0.4 is 0 Å². The molecule has 2 aromatic rings. The van der Waals surface area contributed by atoms with Crippen LogP contribution in [0.15, 0.2) is 63.2 Å². The molecule has 2 aliphatic rings. The molecule has 7 heteroatoms. The molecule has 25 heavy (non-hydrogen) atoms. The maximum atomic E-state index is 13.2. The van der Waals surface area contributed by atoms with Crippen molar-refractivity contribution in [3.8, 4) is 0 Å². The molecule has 0 N–H and O–H groups in total. The van der Waals surface area contributed by atoms with Gasteiger partial charge in [0.25, 0.3) is 5.91 Å². The van der Waals surface area contributed by atoms with Gasteiger partial charge in [0.15, 0.2) is 5.17 Å². The van der Waals surface area contributed by atoms with Crippen LogP contribution in [0.25, 0.3) is 0 Å². The maximum Gasteiger partial charge on any atom is 0.267 e. The average molecular weight is 357 g/mol. The Balaban J connectivity index is 1.67. The minimum atomic E-state index is -0.471. The number of carbonyl (C=O) groups excluding carboxylic acids is 1. The molecule has 128 valence electrons. The predicted molar refractivity (Wildman–Crippen MR) is 93.8 cm³/mol. The van der Waals surface area contributed by atoms with Gasteiger partial charge in [0, 0.05) is 5.70 Å². The summed E-state index contributed by atoms with van der Waals surface area (Å²) in [6.45, 7) is 2.44. The van der Waals surface area contributed by atoms with Gasteiger partial charge in [-0.15, -0.1) is 0 Å². The van der Waals surface area contributed by atoms with E-state index in [4.69, 9.17) is 4.42 Å². The summed E-state index contributed by atoms with van der Waals surface area (Å²) >= 11 is 1.44. The molecule has 1 amide bonds. The third kappa shape index (κ3) is 3.12. The fourth-order valence-corrected chi connectivity index (χ4v) is 3.86. The lowest BCUT2D eigenvalue weighted by atomic mass is 10.0. The lowest BCUT2D eigenvalue weighted by Gasteiger charge is -2.40. The summed E-state index contributed by atoms with van der Waals surface area (Å²) in [4.78, 5) is 16.9. The molecule has 1 aromatic carbocycles. The Hall–Kier alpha value is -2.38. The van der Waals surface area contributed by atoms with E-state index in [0.717, 1.165) is 17.0 Å². The average Bonchev–Trinajstić information content (AvgIpc) is 3.22. The number of hydrogen-bond acceptors (Lipinski definition) is 5. The first-order valence-corrected chi connectivity index (χ1v) is 8.79. The molecule has 5 nitrogen and oxygen atoms in total.